The van der Waals surface area contributed by atoms with Gasteiger partial charge in [-0.1, -0.05) is 30.3 Å². The van der Waals surface area contributed by atoms with Gasteiger partial charge in [0.25, 0.3) is 0 Å². The lowest BCUT2D eigenvalue weighted by molar-refractivity contribution is 0.457. The summed E-state index contributed by atoms with van der Waals surface area (Å²) in [6.45, 7) is 2.03. The summed E-state index contributed by atoms with van der Waals surface area (Å²) in [6.07, 6.45) is 1.70. The molecule has 0 aliphatic carbocycles. The molecule has 0 saturated heterocycles. The lowest BCUT2D eigenvalue weighted by Crippen LogP contribution is -1.79. The van der Waals surface area contributed by atoms with Crippen LogP contribution in [0.2, 0.25) is 0 Å². The van der Waals surface area contributed by atoms with Crippen LogP contribution in [0, 0.1) is 6.92 Å². The topological polar surface area (TPSA) is 48.4 Å². The van der Waals surface area contributed by atoms with Gasteiger partial charge < -0.3 is 10.1 Å². The van der Waals surface area contributed by atoms with Crippen molar-refractivity contribution in [2.75, 3.05) is 0 Å². The van der Waals surface area contributed by atoms with Crippen LogP contribution in [0.25, 0.3) is 10.9 Å². The molecule has 0 unspecified atom stereocenters. The van der Waals surface area contributed by atoms with Gasteiger partial charge in [0.05, 0.1) is 11.3 Å². The number of aliphatic imine (C=N–C) groups is 1. The zero-order chi connectivity index (χ0) is 13.2. The SMILES string of the molecule is Cc1cccc(N=Cc2c(O)[nH]c3ccccc23)c1. The van der Waals surface area contributed by atoms with Crippen LogP contribution in [0.5, 0.6) is 5.88 Å². The van der Waals surface area contributed by atoms with E-state index >= 15 is 0 Å². The highest BCUT2D eigenvalue weighted by atomic mass is 16.3. The number of aromatic amines is 1. The second kappa shape index (κ2) is 4.61. The van der Waals surface area contributed by atoms with Gasteiger partial charge in [0.2, 0.25) is 0 Å². The fourth-order valence-corrected chi connectivity index (χ4v) is 2.13. The van der Waals surface area contributed by atoms with Crippen LogP contribution in [0.3, 0.4) is 0 Å². The summed E-state index contributed by atoms with van der Waals surface area (Å²) in [5.41, 5.74) is 3.67. The predicted octanol–water partition coefficient (Wildman–Crippen LogP) is 3.93. The van der Waals surface area contributed by atoms with Crippen LogP contribution in [0.4, 0.5) is 5.69 Å². The Hall–Kier alpha value is -2.55. The molecule has 2 N–H and O–H groups in total. The number of nitrogens with one attached hydrogen (secondary N) is 1. The molecule has 94 valence electrons. The Balaban J connectivity index is 2.03. The average molecular weight is 250 g/mol. The molecule has 1 heterocycles. The van der Waals surface area contributed by atoms with Crippen LogP contribution >= 0.6 is 0 Å². The Kier molecular flexibility index (Phi) is 2.80. The molecule has 0 aliphatic rings. The Bertz CT molecular complexity index is 756. The van der Waals surface area contributed by atoms with Gasteiger partial charge in [0.1, 0.15) is 0 Å². The number of aromatic nitrogens is 1. The van der Waals surface area contributed by atoms with E-state index in [4.69, 9.17) is 0 Å². The van der Waals surface area contributed by atoms with E-state index < -0.39 is 0 Å². The number of hydrogen-bond donors (Lipinski definition) is 2. The zero-order valence-corrected chi connectivity index (χ0v) is 10.6. The largest absolute Gasteiger partial charge is 0.494 e. The molecule has 0 radical (unpaired) electrons. The summed E-state index contributed by atoms with van der Waals surface area (Å²) in [7, 11) is 0. The molecule has 1 aromatic heterocycles. The minimum atomic E-state index is 0.151. The standard InChI is InChI=1S/C16H14N2O/c1-11-5-4-6-12(9-11)17-10-14-13-7-2-3-8-15(13)18-16(14)19/h2-10,18-19H,1H3. The number of H-pyrrole nitrogens is 1. The van der Waals surface area contributed by atoms with Gasteiger partial charge in [-0.2, -0.15) is 0 Å². The van der Waals surface area contributed by atoms with Gasteiger partial charge >= 0.3 is 0 Å². The highest BCUT2D eigenvalue weighted by molar-refractivity contribution is 6.02. The summed E-state index contributed by atoms with van der Waals surface area (Å²) in [4.78, 5) is 7.35. The molecule has 0 spiro atoms. The molecule has 0 atom stereocenters. The average Bonchev–Trinajstić information content (AvgIpc) is 2.72. The van der Waals surface area contributed by atoms with Gasteiger partial charge in [-0.3, -0.25) is 4.99 Å². The van der Waals surface area contributed by atoms with Crippen LogP contribution in [-0.2, 0) is 0 Å². The molecule has 0 aliphatic heterocycles. The van der Waals surface area contributed by atoms with E-state index in [1.54, 1.807) is 6.21 Å². The Morgan fingerprint density at radius 1 is 1.11 bits per heavy atom. The molecule has 3 nitrogen and oxygen atoms in total. The molecule has 0 bridgehead atoms. The number of benzene rings is 2. The lowest BCUT2D eigenvalue weighted by atomic mass is 10.2. The first-order valence-electron chi connectivity index (χ1n) is 6.14. The van der Waals surface area contributed by atoms with Crippen molar-refractivity contribution in [3.63, 3.8) is 0 Å². The van der Waals surface area contributed by atoms with E-state index in [1.807, 2.05) is 55.5 Å². The van der Waals surface area contributed by atoms with Crippen molar-refractivity contribution in [3.8, 4) is 5.88 Å². The normalized spacial score (nSPS) is 11.4. The molecule has 2 aromatic carbocycles. The van der Waals surface area contributed by atoms with Crippen LogP contribution in [0.15, 0.2) is 53.5 Å². The third kappa shape index (κ3) is 2.22. The van der Waals surface area contributed by atoms with E-state index in [0.717, 1.165) is 27.7 Å². The lowest BCUT2D eigenvalue weighted by Gasteiger charge is -1.96. The van der Waals surface area contributed by atoms with E-state index in [9.17, 15) is 5.11 Å². The van der Waals surface area contributed by atoms with Crippen molar-refractivity contribution < 1.29 is 5.11 Å². The number of hydrogen-bond acceptors (Lipinski definition) is 2. The molecule has 0 fully saturated rings. The number of nitrogens with zero attached hydrogens (tertiary/aromatic N) is 1. The number of para-hydroxylation sites is 1. The highest BCUT2D eigenvalue weighted by Gasteiger charge is 2.07. The maximum atomic E-state index is 9.92. The first-order valence-corrected chi connectivity index (χ1v) is 6.14. The summed E-state index contributed by atoms with van der Waals surface area (Å²) in [6, 6.07) is 15.7. The summed E-state index contributed by atoms with van der Waals surface area (Å²) in [5.74, 6) is 0.151. The van der Waals surface area contributed by atoms with Gasteiger partial charge in [0.15, 0.2) is 5.88 Å². The highest BCUT2D eigenvalue weighted by Crippen LogP contribution is 2.26. The monoisotopic (exact) mass is 250 g/mol. The van der Waals surface area contributed by atoms with Gasteiger partial charge in [-0.25, -0.2) is 0 Å². The summed E-state index contributed by atoms with van der Waals surface area (Å²) >= 11 is 0. The minimum absolute atomic E-state index is 0.151. The summed E-state index contributed by atoms with van der Waals surface area (Å²) < 4.78 is 0. The number of rotatable bonds is 2. The van der Waals surface area contributed by atoms with E-state index in [0.29, 0.717) is 0 Å². The van der Waals surface area contributed by atoms with Crippen molar-refractivity contribution in [2.24, 2.45) is 4.99 Å². The fraction of sp³-hybridized carbons (Fsp3) is 0.0625. The van der Waals surface area contributed by atoms with Crippen LogP contribution < -0.4 is 0 Å². The zero-order valence-electron chi connectivity index (χ0n) is 10.6. The third-order valence-electron chi connectivity index (χ3n) is 3.07. The molecular weight excluding hydrogens is 236 g/mol. The van der Waals surface area contributed by atoms with Crippen molar-refractivity contribution in [2.45, 2.75) is 6.92 Å². The second-order valence-corrected chi connectivity index (χ2v) is 4.53. The van der Waals surface area contributed by atoms with Crippen LogP contribution in [-0.4, -0.2) is 16.3 Å². The van der Waals surface area contributed by atoms with Gasteiger partial charge in [-0.05, 0) is 30.7 Å². The molecule has 19 heavy (non-hydrogen) atoms. The smallest absolute Gasteiger partial charge is 0.198 e. The molecular formula is C16H14N2O. The first-order chi connectivity index (χ1) is 9.24. The van der Waals surface area contributed by atoms with E-state index in [-0.39, 0.29) is 5.88 Å². The second-order valence-electron chi connectivity index (χ2n) is 4.53. The van der Waals surface area contributed by atoms with Crippen LogP contribution in [0.1, 0.15) is 11.1 Å². The maximum absolute atomic E-state index is 9.92. The summed E-state index contributed by atoms with van der Waals surface area (Å²) in [5, 5.41) is 10.9. The third-order valence-corrected chi connectivity index (χ3v) is 3.07. The quantitative estimate of drug-likeness (QED) is 0.665. The predicted molar refractivity (Wildman–Crippen MR) is 78.4 cm³/mol. The number of fused-ring (bicyclic) bond motifs is 1. The van der Waals surface area contributed by atoms with Crippen molar-refractivity contribution in [1.29, 1.82) is 0 Å². The van der Waals surface area contributed by atoms with E-state index in [2.05, 4.69) is 9.98 Å². The number of aromatic hydroxyl groups is 1. The molecule has 3 aromatic rings. The number of aryl methyl sites for hydroxylation is 1. The Morgan fingerprint density at radius 2 is 1.95 bits per heavy atom. The maximum Gasteiger partial charge on any atom is 0.198 e. The molecule has 0 amide bonds. The van der Waals surface area contributed by atoms with E-state index in [1.165, 1.54) is 0 Å². The molecule has 0 saturated carbocycles. The fourth-order valence-electron chi connectivity index (χ4n) is 2.13. The van der Waals surface area contributed by atoms with Crippen molar-refractivity contribution in [3.05, 3.63) is 59.7 Å². The minimum Gasteiger partial charge on any atom is -0.494 e. The molecule has 3 heteroatoms. The van der Waals surface area contributed by atoms with Crippen molar-refractivity contribution >= 4 is 22.8 Å². The van der Waals surface area contributed by atoms with Crippen molar-refractivity contribution in [1.82, 2.24) is 4.98 Å². The van der Waals surface area contributed by atoms with Gasteiger partial charge in [0, 0.05) is 17.1 Å². The molecule has 3 rings (SSSR count). The van der Waals surface area contributed by atoms with Gasteiger partial charge in [-0.15, -0.1) is 0 Å². The Labute approximate surface area is 111 Å². The Morgan fingerprint density at radius 3 is 2.79 bits per heavy atom. The first kappa shape index (κ1) is 11.5.